The van der Waals surface area contributed by atoms with Crippen molar-refractivity contribution >= 4 is 38.8 Å². The zero-order valence-corrected chi connectivity index (χ0v) is 37.3. The van der Waals surface area contributed by atoms with Crippen LogP contribution >= 0.6 is 0 Å². The smallest absolute Gasteiger partial charge is 0.273 e. The quantitative estimate of drug-likeness (QED) is 0.0470. The molecule has 0 atom stereocenters. The molecule has 7 heteroatoms. The minimum Gasteiger partial charge on any atom is -0.494 e. The molecule has 0 N–H and O–H groups in total. The molecule has 0 aromatic heterocycles. The first-order chi connectivity index (χ1) is 26.9. The van der Waals surface area contributed by atoms with Gasteiger partial charge in [0.25, 0.3) is 18.1 Å². The summed E-state index contributed by atoms with van der Waals surface area (Å²) in [5.74, 6) is 3.65. The van der Waals surface area contributed by atoms with Gasteiger partial charge in [-0.2, -0.15) is 0 Å². The molecule has 2 radical (unpaired) electrons. The lowest BCUT2D eigenvalue weighted by Crippen LogP contribution is -2.58. The molecule has 0 spiro atoms. The monoisotopic (exact) mass is 780 g/mol. The Labute approximate surface area is 337 Å². The van der Waals surface area contributed by atoms with E-state index < -0.39 is 18.1 Å². The van der Waals surface area contributed by atoms with E-state index in [1.165, 1.54) is 43.0 Å². The second-order valence-electron chi connectivity index (χ2n) is 14.3. The number of hydrogen-bond acceptors (Lipinski definition) is 5. The van der Waals surface area contributed by atoms with Crippen molar-refractivity contribution in [2.45, 2.75) is 132 Å². The average molecular weight is 781 g/mol. The maximum absolute atomic E-state index is 8.07. The Bertz CT molecular complexity index is 1480. The molecule has 5 nitrogen and oxygen atoms in total. The van der Waals surface area contributed by atoms with Crippen LogP contribution in [0.15, 0.2) is 72.8 Å². The molecule has 0 amide bonds. The van der Waals surface area contributed by atoms with E-state index in [2.05, 4.69) is 128 Å². The maximum atomic E-state index is 8.07. The molecule has 0 aliphatic heterocycles. The molecule has 55 heavy (non-hydrogen) atoms. The van der Waals surface area contributed by atoms with Crippen molar-refractivity contribution in [1.82, 2.24) is 0 Å². The molecular weight excluding hydrogens is 713 g/mol. The van der Waals surface area contributed by atoms with Crippen LogP contribution in [0.3, 0.4) is 0 Å². The number of aryl methyl sites for hydroxylation is 4. The Morgan fingerprint density at radius 2 is 0.582 bits per heavy atom. The summed E-state index contributed by atoms with van der Waals surface area (Å²) in [6, 6.07) is 26.8. The number of benzene rings is 4. The van der Waals surface area contributed by atoms with Crippen LogP contribution in [0.25, 0.3) is 0 Å². The summed E-state index contributed by atoms with van der Waals surface area (Å²) in [4.78, 5) is 0. The largest absolute Gasteiger partial charge is 0.494 e. The van der Waals surface area contributed by atoms with Crippen molar-refractivity contribution < 1.29 is 23.1 Å². The Hall–Kier alpha value is -3.53. The minimum absolute atomic E-state index is 0.704. The lowest BCUT2D eigenvalue weighted by atomic mass is 10.1. The molecular formula is C48H68O5Si2. The molecule has 4 rings (SSSR count). The second-order valence-corrected chi connectivity index (χ2v) is 18.5. The third-order valence-corrected chi connectivity index (χ3v) is 15.5. The number of rotatable bonds is 26. The van der Waals surface area contributed by atoms with Gasteiger partial charge in [-0.05, 0) is 143 Å². The lowest BCUT2D eigenvalue weighted by molar-refractivity contribution is 0.309. The van der Waals surface area contributed by atoms with Gasteiger partial charge in [-0.15, -0.1) is 0 Å². The Balaban J connectivity index is 2.02. The first-order valence-corrected chi connectivity index (χ1v) is 24.2. The van der Waals surface area contributed by atoms with Gasteiger partial charge in [-0.3, -0.25) is 0 Å². The van der Waals surface area contributed by atoms with Crippen molar-refractivity contribution in [2.24, 2.45) is 0 Å². The first kappa shape index (κ1) is 44.2. The van der Waals surface area contributed by atoms with Gasteiger partial charge in [0.1, 0.15) is 23.0 Å². The van der Waals surface area contributed by atoms with Crippen molar-refractivity contribution in [3.05, 3.63) is 95.1 Å². The summed E-state index contributed by atoms with van der Waals surface area (Å²) >= 11 is 0. The highest BCUT2D eigenvalue weighted by atomic mass is 28.4. The van der Waals surface area contributed by atoms with Crippen LogP contribution in [-0.2, 0) is 29.8 Å². The normalized spacial score (nSPS) is 11.4. The van der Waals surface area contributed by atoms with Crippen molar-refractivity contribution in [2.75, 3.05) is 26.4 Å². The van der Waals surface area contributed by atoms with Crippen LogP contribution in [-0.4, -0.2) is 44.5 Å². The molecule has 0 aliphatic carbocycles. The maximum Gasteiger partial charge on any atom is 0.273 e. The molecule has 0 unspecified atom stereocenters. The summed E-state index contributed by atoms with van der Waals surface area (Å²) in [6.07, 6.45) is 12.1. The summed E-state index contributed by atoms with van der Waals surface area (Å²) in [5, 5.41) is 5.02. The molecule has 0 aliphatic rings. The highest BCUT2D eigenvalue weighted by Gasteiger charge is 2.34. The van der Waals surface area contributed by atoms with Crippen LogP contribution in [0.4, 0.5) is 0 Å². The van der Waals surface area contributed by atoms with Crippen molar-refractivity contribution in [3.8, 4) is 23.0 Å². The number of unbranched alkanes of at least 4 members (excludes halogenated alkanes) is 4. The topological polar surface area (TPSA) is 46.2 Å². The molecule has 298 valence electrons. The highest BCUT2D eigenvalue weighted by molar-refractivity contribution is 6.92. The first-order valence-electron chi connectivity index (χ1n) is 21.4. The Kier molecular flexibility index (Phi) is 19.4. The van der Waals surface area contributed by atoms with E-state index in [-0.39, 0.29) is 0 Å². The van der Waals surface area contributed by atoms with E-state index in [0.717, 1.165) is 100 Å². The molecule has 0 saturated carbocycles. The van der Waals surface area contributed by atoms with Gasteiger partial charge in [0.15, 0.2) is 0 Å². The van der Waals surface area contributed by atoms with E-state index >= 15 is 0 Å². The van der Waals surface area contributed by atoms with Gasteiger partial charge >= 0.3 is 0 Å². The van der Waals surface area contributed by atoms with Crippen LogP contribution in [0.1, 0.15) is 129 Å². The standard InChI is InChI=1S/C48H68O5Si2/c1-9-17-29-49-41-25-21-37(13-5)45(33-41)54(46-34-42(50-30-18-10-2)26-22-38(46)14-6)53-55(47-35-43(51-31-19-11-3)27-23-39(47)15-7)48-36-44(52-32-20-12-4)28-24-40(48)16-8/h21-28,33-36H,9-20,29-32H2,1-8H3. The molecule has 0 fully saturated rings. The van der Waals surface area contributed by atoms with Crippen molar-refractivity contribution in [1.29, 1.82) is 0 Å². The van der Waals surface area contributed by atoms with E-state index in [0.29, 0.717) is 26.4 Å². The van der Waals surface area contributed by atoms with Gasteiger partial charge in [0.2, 0.25) is 0 Å². The fourth-order valence-corrected chi connectivity index (χ4v) is 13.1. The summed E-state index contributed by atoms with van der Waals surface area (Å²) in [7, 11) is -3.78. The predicted octanol–water partition coefficient (Wildman–Crippen LogP) is 9.58. The fourth-order valence-electron chi connectivity index (χ4n) is 6.61. The zero-order valence-electron chi connectivity index (χ0n) is 35.3. The van der Waals surface area contributed by atoms with Gasteiger partial charge in [-0.1, -0.05) is 105 Å². The predicted molar refractivity (Wildman–Crippen MR) is 236 cm³/mol. The van der Waals surface area contributed by atoms with Crippen LogP contribution in [0.2, 0.25) is 0 Å². The zero-order chi connectivity index (χ0) is 39.4. The van der Waals surface area contributed by atoms with Gasteiger partial charge in [0, 0.05) is 0 Å². The van der Waals surface area contributed by atoms with Gasteiger partial charge in [0.05, 0.1) is 26.4 Å². The molecule has 4 aromatic rings. The van der Waals surface area contributed by atoms with Gasteiger partial charge in [-0.25, -0.2) is 0 Å². The average Bonchev–Trinajstić information content (AvgIpc) is 3.21. The van der Waals surface area contributed by atoms with Crippen LogP contribution < -0.4 is 39.7 Å². The van der Waals surface area contributed by atoms with E-state index in [4.69, 9.17) is 23.1 Å². The van der Waals surface area contributed by atoms with E-state index in [9.17, 15) is 0 Å². The Morgan fingerprint density at radius 1 is 0.345 bits per heavy atom. The molecule has 0 saturated heterocycles. The molecule has 4 aromatic carbocycles. The van der Waals surface area contributed by atoms with Crippen LogP contribution in [0.5, 0.6) is 23.0 Å². The third-order valence-electron chi connectivity index (χ3n) is 10.1. The molecule has 0 heterocycles. The minimum atomic E-state index is -1.89. The third kappa shape index (κ3) is 12.7. The van der Waals surface area contributed by atoms with E-state index in [1.807, 2.05) is 0 Å². The summed E-state index contributed by atoms with van der Waals surface area (Å²) in [5.41, 5.74) is 5.21. The van der Waals surface area contributed by atoms with Crippen LogP contribution in [0, 0.1) is 0 Å². The fraction of sp³-hybridized carbons (Fsp3) is 0.500. The summed E-state index contributed by atoms with van der Waals surface area (Å²) in [6.45, 7) is 20.7. The molecule has 0 bridgehead atoms. The van der Waals surface area contributed by atoms with Gasteiger partial charge < -0.3 is 23.1 Å². The highest BCUT2D eigenvalue weighted by Crippen LogP contribution is 2.21. The van der Waals surface area contributed by atoms with E-state index in [1.54, 1.807) is 0 Å². The summed E-state index contributed by atoms with van der Waals surface area (Å²) < 4.78 is 33.7. The SMILES string of the molecule is CCCCOc1ccc(CC)c([Si](O[Si](c2cc(OCCCC)ccc2CC)c2cc(OCCCC)ccc2CC)c2cc(OCCCC)ccc2CC)c1. The number of ether oxygens (including phenoxy) is 4. The lowest BCUT2D eigenvalue weighted by Gasteiger charge is -2.29. The van der Waals surface area contributed by atoms with Crippen molar-refractivity contribution in [3.63, 3.8) is 0 Å². The second kappa shape index (κ2) is 24.2. The number of hydrogen-bond donors (Lipinski definition) is 0. The Morgan fingerprint density at radius 3 is 0.782 bits per heavy atom.